The molecule has 0 aliphatic rings. The highest BCUT2D eigenvalue weighted by Gasteiger charge is 2.16. The molecule has 6 heteroatoms. The Morgan fingerprint density at radius 2 is 1.95 bits per heavy atom. The highest BCUT2D eigenvalue weighted by Crippen LogP contribution is 2.33. The Labute approximate surface area is 113 Å². The van der Waals surface area contributed by atoms with E-state index in [1.807, 2.05) is 0 Å². The number of benzene rings is 2. The molecule has 0 saturated heterocycles. The first kappa shape index (κ1) is 13.2. The molecular weight excluding hydrogens is 271 g/mol. The third-order valence-corrected chi connectivity index (χ3v) is 2.69. The molecule has 0 bridgehead atoms. The van der Waals surface area contributed by atoms with E-state index < -0.39 is 11.7 Å². The van der Waals surface area contributed by atoms with E-state index >= 15 is 0 Å². The predicted molar refractivity (Wildman–Crippen MR) is 70.9 cm³/mol. The first-order valence-corrected chi connectivity index (χ1v) is 5.68. The van der Waals surface area contributed by atoms with Crippen LogP contribution in [0, 0.1) is 5.82 Å². The fourth-order valence-electron chi connectivity index (χ4n) is 1.55. The van der Waals surface area contributed by atoms with Gasteiger partial charge in [0, 0.05) is 5.69 Å². The number of amides is 1. The summed E-state index contributed by atoms with van der Waals surface area (Å²) in [6.45, 7) is 0. The summed E-state index contributed by atoms with van der Waals surface area (Å²) in [5.74, 6) is -1.42. The van der Waals surface area contributed by atoms with Crippen molar-refractivity contribution in [2.45, 2.75) is 0 Å². The average molecular weight is 281 g/mol. The Kier molecular flexibility index (Phi) is 3.57. The van der Waals surface area contributed by atoms with E-state index in [1.54, 1.807) is 6.07 Å². The molecule has 2 rings (SSSR count). The van der Waals surface area contributed by atoms with Crippen LogP contribution in [0.25, 0.3) is 0 Å². The molecule has 0 aliphatic heterocycles. The minimum absolute atomic E-state index is 0.000767. The standard InChI is InChI=1S/C13H10ClFN2O2/c14-8-6-7(16)4-5-10(8)19-11-3-1-2-9(15)12(11)13(17)18/h1-6H,16H2,(H2,17,18). The van der Waals surface area contributed by atoms with Gasteiger partial charge in [-0.25, -0.2) is 4.39 Å². The maximum absolute atomic E-state index is 13.5. The third kappa shape index (κ3) is 2.77. The number of anilines is 1. The molecule has 4 N–H and O–H groups in total. The summed E-state index contributed by atoms with van der Waals surface area (Å²) < 4.78 is 18.9. The number of halogens is 2. The van der Waals surface area contributed by atoms with Crippen molar-refractivity contribution in [3.63, 3.8) is 0 Å². The molecular formula is C13H10ClFN2O2. The van der Waals surface area contributed by atoms with Gasteiger partial charge in [-0.15, -0.1) is 0 Å². The van der Waals surface area contributed by atoms with Gasteiger partial charge in [-0.1, -0.05) is 17.7 Å². The van der Waals surface area contributed by atoms with Crippen LogP contribution in [-0.2, 0) is 0 Å². The van der Waals surface area contributed by atoms with Gasteiger partial charge in [-0.3, -0.25) is 4.79 Å². The Hall–Kier alpha value is -2.27. The lowest BCUT2D eigenvalue weighted by Crippen LogP contribution is -2.14. The van der Waals surface area contributed by atoms with Crippen molar-refractivity contribution in [3.05, 3.63) is 52.8 Å². The Morgan fingerprint density at radius 3 is 2.58 bits per heavy atom. The third-order valence-electron chi connectivity index (χ3n) is 2.40. The van der Waals surface area contributed by atoms with Gasteiger partial charge >= 0.3 is 0 Å². The van der Waals surface area contributed by atoms with Crippen LogP contribution >= 0.6 is 11.6 Å². The van der Waals surface area contributed by atoms with Gasteiger partial charge in [-0.2, -0.15) is 0 Å². The smallest absolute Gasteiger partial charge is 0.255 e. The zero-order chi connectivity index (χ0) is 14.0. The number of hydrogen-bond donors (Lipinski definition) is 2. The van der Waals surface area contributed by atoms with E-state index in [4.69, 9.17) is 27.8 Å². The van der Waals surface area contributed by atoms with Crippen molar-refractivity contribution in [3.8, 4) is 11.5 Å². The summed E-state index contributed by atoms with van der Waals surface area (Å²) >= 11 is 5.94. The topological polar surface area (TPSA) is 78.3 Å². The van der Waals surface area contributed by atoms with Crippen molar-refractivity contribution >= 4 is 23.2 Å². The number of ether oxygens (including phenoxy) is 1. The van der Waals surface area contributed by atoms with Crippen LogP contribution in [0.3, 0.4) is 0 Å². The normalized spacial score (nSPS) is 10.2. The van der Waals surface area contributed by atoms with E-state index in [0.29, 0.717) is 5.69 Å². The van der Waals surface area contributed by atoms with E-state index in [2.05, 4.69) is 0 Å². The molecule has 1 amide bonds. The SMILES string of the molecule is NC(=O)c1c(F)cccc1Oc1ccc(N)cc1Cl. The number of rotatable bonds is 3. The highest BCUT2D eigenvalue weighted by molar-refractivity contribution is 6.32. The monoisotopic (exact) mass is 280 g/mol. The van der Waals surface area contributed by atoms with Gasteiger partial charge in [0.15, 0.2) is 0 Å². The van der Waals surface area contributed by atoms with Crippen molar-refractivity contribution in [2.75, 3.05) is 5.73 Å². The number of carbonyl (C=O) groups excluding carboxylic acids is 1. The summed E-state index contributed by atoms with van der Waals surface area (Å²) in [5.41, 5.74) is 10.8. The van der Waals surface area contributed by atoms with E-state index in [0.717, 1.165) is 6.07 Å². The van der Waals surface area contributed by atoms with Gasteiger partial charge in [0.05, 0.1) is 5.02 Å². The molecule has 19 heavy (non-hydrogen) atoms. The number of hydrogen-bond acceptors (Lipinski definition) is 3. The lowest BCUT2D eigenvalue weighted by Gasteiger charge is -2.11. The fraction of sp³-hybridized carbons (Fsp3) is 0. The molecule has 0 aromatic heterocycles. The molecule has 0 radical (unpaired) electrons. The van der Waals surface area contributed by atoms with E-state index in [9.17, 15) is 9.18 Å². The maximum Gasteiger partial charge on any atom is 0.255 e. The second-order valence-electron chi connectivity index (χ2n) is 3.77. The van der Waals surface area contributed by atoms with E-state index in [1.165, 1.54) is 24.3 Å². The summed E-state index contributed by atoms with van der Waals surface area (Å²) in [4.78, 5) is 11.2. The number of carbonyl (C=O) groups is 1. The molecule has 0 saturated carbocycles. The lowest BCUT2D eigenvalue weighted by atomic mass is 10.2. The minimum atomic E-state index is -0.917. The van der Waals surface area contributed by atoms with Crippen LogP contribution < -0.4 is 16.2 Å². The van der Waals surface area contributed by atoms with Gasteiger partial charge in [-0.05, 0) is 30.3 Å². The molecule has 0 fully saturated rings. The van der Waals surface area contributed by atoms with E-state index in [-0.39, 0.29) is 22.1 Å². The second kappa shape index (κ2) is 5.16. The molecule has 2 aromatic rings. The van der Waals surface area contributed by atoms with Crippen LogP contribution in [-0.4, -0.2) is 5.91 Å². The Morgan fingerprint density at radius 1 is 1.21 bits per heavy atom. The average Bonchev–Trinajstić information content (AvgIpc) is 2.32. The molecule has 2 aromatic carbocycles. The van der Waals surface area contributed by atoms with Crippen LogP contribution in [0.1, 0.15) is 10.4 Å². The molecule has 0 aliphatic carbocycles. The van der Waals surface area contributed by atoms with Crippen LogP contribution in [0.15, 0.2) is 36.4 Å². The maximum atomic E-state index is 13.5. The van der Waals surface area contributed by atoms with Crippen LogP contribution in [0.4, 0.5) is 10.1 Å². The van der Waals surface area contributed by atoms with Crippen LogP contribution in [0.5, 0.6) is 11.5 Å². The molecule has 0 spiro atoms. The fourth-order valence-corrected chi connectivity index (χ4v) is 1.77. The summed E-state index contributed by atoms with van der Waals surface area (Å²) in [6, 6.07) is 8.54. The zero-order valence-electron chi connectivity index (χ0n) is 9.69. The van der Waals surface area contributed by atoms with Gasteiger partial charge in [0.1, 0.15) is 22.9 Å². The summed E-state index contributed by atoms with van der Waals surface area (Å²) in [5, 5.41) is 0.250. The number of primary amides is 1. The largest absolute Gasteiger partial charge is 0.455 e. The van der Waals surface area contributed by atoms with Crippen molar-refractivity contribution in [1.82, 2.24) is 0 Å². The molecule has 0 atom stereocenters. The van der Waals surface area contributed by atoms with Gasteiger partial charge < -0.3 is 16.2 Å². The first-order valence-electron chi connectivity index (χ1n) is 5.30. The van der Waals surface area contributed by atoms with Crippen molar-refractivity contribution in [2.24, 2.45) is 5.73 Å². The predicted octanol–water partition coefficient (Wildman–Crippen LogP) is 2.95. The van der Waals surface area contributed by atoms with Gasteiger partial charge in [0.2, 0.25) is 0 Å². The minimum Gasteiger partial charge on any atom is -0.455 e. The van der Waals surface area contributed by atoms with Crippen molar-refractivity contribution in [1.29, 1.82) is 0 Å². The van der Waals surface area contributed by atoms with Crippen molar-refractivity contribution < 1.29 is 13.9 Å². The van der Waals surface area contributed by atoms with Gasteiger partial charge in [0.25, 0.3) is 5.91 Å². The molecule has 0 heterocycles. The van der Waals surface area contributed by atoms with Crippen LogP contribution in [0.2, 0.25) is 5.02 Å². The lowest BCUT2D eigenvalue weighted by molar-refractivity contribution is 0.0994. The first-order chi connectivity index (χ1) is 8.99. The molecule has 0 unspecified atom stereocenters. The number of nitrogens with two attached hydrogens (primary N) is 2. The molecule has 4 nitrogen and oxygen atoms in total. The zero-order valence-corrected chi connectivity index (χ0v) is 10.4. The Bertz CT molecular complexity index is 647. The highest BCUT2D eigenvalue weighted by atomic mass is 35.5. The number of nitrogen functional groups attached to an aromatic ring is 1. The second-order valence-corrected chi connectivity index (χ2v) is 4.18. The summed E-state index contributed by atoms with van der Waals surface area (Å²) in [6.07, 6.45) is 0. The summed E-state index contributed by atoms with van der Waals surface area (Å²) in [7, 11) is 0. The molecule has 98 valence electrons. The Balaban J connectivity index is 2.44. The quantitative estimate of drug-likeness (QED) is 0.849.